The van der Waals surface area contributed by atoms with Gasteiger partial charge in [0.2, 0.25) is 0 Å². The molecule has 0 aliphatic heterocycles. The fraction of sp³-hybridized carbons (Fsp3) is 0.125. The van der Waals surface area contributed by atoms with Crippen molar-refractivity contribution >= 4 is 17.0 Å². The second-order valence-corrected chi connectivity index (χ2v) is 2.49. The van der Waals surface area contributed by atoms with Gasteiger partial charge in [-0.25, -0.2) is 0 Å². The number of benzene rings is 1. The minimum Gasteiger partial charge on any atom is -0.481 e. The van der Waals surface area contributed by atoms with Gasteiger partial charge >= 0.3 is 0 Å². The van der Waals surface area contributed by atoms with Gasteiger partial charge in [0.25, 0.3) is 5.97 Å². The molecule has 1 aromatic carbocycles. The average Bonchev–Trinajstić information content (AvgIpc) is 2.48. The number of hydrogen-bond donors (Lipinski definition) is 2. The lowest BCUT2D eigenvalue weighted by Crippen LogP contribution is -1.90. The molecule has 0 bridgehead atoms. The maximum atomic E-state index is 9.00. The molecule has 0 atom stereocenters. The van der Waals surface area contributed by atoms with E-state index in [1.54, 1.807) is 12.1 Å². The Bertz CT molecular complexity index is 434. The summed E-state index contributed by atoms with van der Waals surface area (Å²) in [4.78, 5) is 9.76. The molecule has 6 nitrogen and oxygen atoms in total. The standard InChI is InChI=1S/C6H5N3O.C2H4O2/c10-9-6-4-2-1-3-5(6)7-8-9;1-2(3)4/h1-4,10H;1H3,(H,3,4). The minimum atomic E-state index is -0.833. The SMILES string of the molecule is CC(=O)O.On1nnc2ccccc21. The van der Waals surface area contributed by atoms with Crippen LogP contribution in [-0.4, -0.2) is 31.4 Å². The third kappa shape index (κ3) is 2.44. The fourth-order valence-electron chi connectivity index (χ4n) is 0.857. The Labute approximate surface area is 79.3 Å². The second-order valence-electron chi connectivity index (χ2n) is 2.49. The van der Waals surface area contributed by atoms with E-state index in [0.29, 0.717) is 11.0 Å². The number of carbonyl (C=O) groups is 1. The summed E-state index contributed by atoms with van der Waals surface area (Å²) in [6.07, 6.45) is 0. The van der Waals surface area contributed by atoms with E-state index in [-0.39, 0.29) is 0 Å². The van der Waals surface area contributed by atoms with Crippen molar-refractivity contribution in [1.29, 1.82) is 0 Å². The number of rotatable bonds is 0. The molecular weight excluding hydrogens is 186 g/mol. The van der Waals surface area contributed by atoms with Crippen LogP contribution in [0.15, 0.2) is 24.3 Å². The highest BCUT2D eigenvalue weighted by Gasteiger charge is 1.98. The number of para-hydroxylation sites is 1. The first kappa shape index (κ1) is 9.97. The molecule has 0 unspecified atom stereocenters. The van der Waals surface area contributed by atoms with E-state index in [4.69, 9.17) is 15.1 Å². The number of carboxylic acid groups (broad SMARTS) is 1. The number of hydrogen-bond acceptors (Lipinski definition) is 4. The van der Waals surface area contributed by atoms with Gasteiger partial charge in [-0.3, -0.25) is 4.79 Å². The Morgan fingerprint density at radius 2 is 2.00 bits per heavy atom. The van der Waals surface area contributed by atoms with E-state index in [1.807, 2.05) is 12.1 Å². The molecule has 0 amide bonds. The van der Waals surface area contributed by atoms with Crippen LogP contribution in [0.2, 0.25) is 0 Å². The van der Waals surface area contributed by atoms with Gasteiger partial charge in [0, 0.05) is 6.92 Å². The molecular formula is C8H9N3O3. The van der Waals surface area contributed by atoms with Crippen LogP contribution in [0.1, 0.15) is 6.92 Å². The summed E-state index contributed by atoms with van der Waals surface area (Å²) >= 11 is 0. The Hall–Kier alpha value is -2.11. The quantitative estimate of drug-likeness (QED) is 0.606. The lowest BCUT2D eigenvalue weighted by Gasteiger charge is -1.85. The monoisotopic (exact) mass is 195 g/mol. The highest BCUT2D eigenvalue weighted by molar-refractivity contribution is 5.73. The van der Waals surface area contributed by atoms with E-state index in [2.05, 4.69) is 10.3 Å². The molecule has 1 heterocycles. The normalized spacial score (nSPS) is 9.21. The lowest BCUT2D eigenvalue weighted by atomic mass is 10.3. The molecule has 0 fully saturated rings. The summed E-state index contributed by atoms with van der Waals surface area (Å²) in [5.41, 5.74) is 1.33. The number of aliphatic carboxylic acids is 1. The van der Waals surface area contributed by atoms with Gasteiger partial charge in [-0.15, -0.1) is 5.10 Å². The van der Waals surface area contributed by atoms with Crippen molar-refractivity contribution in [1.82, 2.24) is 15.2 Å². The first-order valence-corrected chi connectivity index (χ1v) is 3.80. The predicted octanol–water partition coefficient (Wildman–Crippen LogP) is 0.759. The van der Waals surface area contributed by atoms with Crippen molar-refractivity contribution in [3.05, 3.63) is 24.3 Å². The molecule has 2 N–H and O–H groups in total. The van der Waals surface area contributed by atoms with Crippen LogP contribution in [0, 0.1) is 0 Å². The summed E-state index contributed by atoms with van der Waals surface area (Å²) in [5, 5.41) is 23.5. The molecule has 74 valence electrons. The second kappa shape index (κ2) is 4.22. The summed E-state index contributed by atoms with van der Waals surface area (Å²) in [7, 11) is 0. The largest absolute Gasteiger partial charge is 0.481 e. The number of fused-ring (bicyclic) bond motifs is 1. The van der Waals surface area contributed by atoms with Crippen LogP contribution in [0.4, 0.5) is 0 Å². The Morgan fingerprint density at radius 3 is 2.57 bits per heavy atom. The van der Waals surface area contributed by atoms with Crippen molar-refractivity contribution in [2.75, 3.05) is 0 Å². The molecule has 14 heavy (non-hydrogen) atoms. The lowest BCUT2D eigenvalue weighted by molar-refractivity contribution is -0.134. The summed E-state index contributed by atoms with van der Waals surface area (Å²) in [5.74, 6) is -0.833. The van der Waals surface area contributed by atoms with Crippen molar-refractivity contribution in [2.45, 2.75) is 6.92 Å². The molecule has 0 saturated carbocycles. The smallest absolute Gasteiger partial charge is 0.300 e. The van der Waals surface area contributed by atoms with Gasteiger partial charge in [0.15, 0.2) is 0 Å². The maximum Gasteiger partial charge on any atom is 0.300 e. The van der Waals surface area contributed by atoms with Gasteiger partial charge in [0.05, 0.1) is 0 Å². The molecule has 2 aromatic rings. The topological polar surface area (TPSA) is 88.2 Å². The fourth-order valence-corrected chi connectivity index (χ4v) is 0.857. The number of carboxylic acids is 1. The first-order valence-electron chi connectivity index (χ1n) is 3.80. The third-order valence-corrected chi connectivity index (χ3v) is 1.33. The van der Waals surface area contributed by atoms with Crippen LogP contribution in [0.3, 0.4) is 0 Å². The van der Waals surface area contributed by atoms with Crippen LogP contribution >= 0.6 is 0 Å². The van der Waals surface area contributed by atoms with Gasteiger partial charge in [0.1, 0.15) is 11.0 Å². The van der Waals surface area contributed by atoms with Crippen molar-refractivity contribution in [2.24, 2.45) is 0 Å². The zero-order chi connectivity index (χ0) is 10.6. The molecule has 6 heteroatoms. The number of aromatic nitrogens is 3. The number of nitrogens with zero attached hydrogens (tertiary/aromatic N) is 3. The van der Waals surface area contributed by atoms with Gasteiger partial charge in [-0.1, -0.05) is 17.0 Å². The molecule has 0 radical (unpaired) electrons. The van der Waals surface area contributed by atoms with Crippen LogP contribution in [-0.2, 0) is 4.79 Å². The van der Waals surface area contributed by atoms with E-state index in [0.717, 1.165) is 11.8 Å². The zero-order valence-electron chi connectivity index (χ0n) is 7.45. The van der Waals surface area contributed by atoms with Crippen molar-refractivity contribution in [3.8, 4) is 0 Å². The van der Waals surface area contributed by atoms with E-state index in [1.165, 1.54) is 0 Å². The Morgan fingerprint density at radius 1 is 1.43 bits per heavy atom. The van der Waals surface area contributed by atoms with E-state index in [9.17, 15) is 0 Å². The van der Waals surface area contributed by atoms with Crippen molar-refractivity contribution < 1.29 is 15.1 Å². The van der Waals surface area contributed by atoms with E-state index >= 15 is 0 Å². The molecule has 0 aliphatic rings. The van der Waals surface area contributed by atoms with Gasteiger partial charge in [-0.2, -0.15) is 0 Å². The third-order valence-electron chi connectivity index (χ3n) is 1.33. The average molecular weight is 195 g/mol. The van der Waals surface area contributed by atoms with Gasteiger partial charge < -0.3 is 10.3 Å². The van der Waals surface area contributed by atoms with Crippen LogP contribution in [0.25, 0.3) is 11.0 Å². The maximum absolute atomic E-state index is 9.00. The summed E-state index contributed by atoms with van der Waals surface area (Å²) in [6.45, 7) is 1.08. The first-order chi connectivity index (χ1) is 6.61. The molecule has 0 saturated heterocycles. The molecule has 0 aliphatic carbocycles. The van der Waals surface area contributed by atoms with Gasteiger partial charge in [-0.05, 0) is 17.3 Å². The highest BCUT2D eigenvalue weighted by Crippen LogP contribution is 2.06. The molecule has 2 rings (SSSR count). The van der Waals surface area contributed by atoms with Crippen LogP contribution < -0.4 is 0 Å². The summed E-state index contributed by atoms with van der Waals surface area (Å²) < 4.78 is 0. The Balaban J connectivity index is 0.000000213. The van der Waals surface area contributed by atoms with Crippen molar-refractivity contribution in [3.63, 3.8) is 0 Å². The Kier molecular flexibility index (Phi) is 3.01. The minimum absolute atomic E-state index is 0.627. The predicted molar refractivity (Wildman–Crippen MR) is 48.0 cm³/mol. The molecule has 1 aromatic heterocycles. The zero-order valence-corrected chi connectivity index (χ0v) is 7.45. The van der Waals surface area contributed by atoms with Crippen LogP contribution in [0.5, 0.6) is 0 Å². The highest BCUT2D eigenvalue weighted by atomic mass is 16.5. The molecule has 0 spiro atoms. The summed E-state index contributed by atoms with van der Waals surface area (Å²) in [6, 6.07) is 7.19. The van der Waals surface area contributed by atoms with E-state index < -0.39 is 5.97 Å².